The van der Waals surface area contributed by atoms with Crippen molar-refractivity contribution in [3.05, 3.63) is 58.3 Å². The highest BCUT2D eigenvalue weighted by Gasteiger charge is 2.04. The molecule has 0 aliphatic heterocycles. The number of hydrogen-bond donors (Lipinski definition) is 1. The van der Waals surface area contributed by atoms with Crippen molar-refractivity contribution in [3.63, 3.8) is 0 Å². The van der Waals surface area contributed by atoms with Crippen LogP contribution in [0, 0.1) is 5.82 Å². The first-order valence-corrected chi connectivity index (χ1v) is 5.87. The van der Waals surface area contributed by atoms with Gasteiger partial charge in [-0.05, 0) is 35.9 Å². The average Bonchev–Trinajstić information content (AvgIpc) is 2.32. The van der Waals surface area contributed by atoms with Gasteiger partial charge in [0.05, 0.1) is 0 Å². The molecule has 0 aromatic heterocycles. The topological polar surface area (TPSA) is 35.2 Å². The zero-order valence-electron chi connectivity index (χ0n) is 8.99. The first-order valence-electron chi connectivity index (χ1n) is 5.07. The van der Waals surface area contributed by atoms with Crippen molar-refractivity contribution >= 4 is 21.6 Å². The SMILES string of the molecule is Nc1ccc(COc2cc(Br)ccc2F)cc1. The summed E-state index contributed by atoms with van der Waals surface area (Å²) < 4.78 is 19.6. The second kappa shape index (κ2) is 5.19. The summed E-state index contributed by atoms with van der Waals surface area (Å²) in [5.41, 5.74) is 7.21. The Bertz CT molecular complexity index is 513. The highest BCUT2D eigenvalue weighted by atomic mass is 79.9. The summed E-state index contributed by atoms with van der Waals surface area (Å²) in [6, 6.07) is 11.9. The molecule has 0 aliphatic carbocycles. The van der Waals surface area contributed by atoms with Crippen LogP contribution in [0.5, 0.6) is 5.75 Å². The van der Waals surface area contributed by atoms with E-state index in [4.69, 9.17) is 10.5 Å². The Kier molecular flexibility index (Phi) is 3.64. The summed E-state index contributed by atoms with van der Waals surface area (Å²) in [7, 11) is 0. The van der Waals surface area contributed by atoms with E-state index < -0.39 is 0 Å². The molecule has 2 rings (SSSR count). The molecule has 0 aliphatic rings. The monoisotopic (exact) mass is 295 g/mol. The minimum atomic E-state index is -0.372. The standard InChI is InChI=1S/C13H11BrFNO/c14-10-3-6-12(15)13(7-10)17-8-9-1-4-11(16)5-2-9/h1-7H,8,16H2. The van der Waals surface area contributed by atoms with Gasteiger partial charge in [0, 0.05) is 10.2 Å². The number of hydrogen-bond acceptors (Lipinski definition) is 2. The van der Waals surface area contributed by atoms with E-state index in [-0.39, 0.29) is 11.6 Å². The molecule has 17 heavy (non-hydrogen) atoms. The van der Waals surface area contributed by atoms with Crippen LogP contribution < -0.4 is 10.5 Å². The van der Waals surface area contributed by atoms with Crippen LogP contribution >= 0.6 is 15.9 Å². The molecule has 2 N–H and O–H groups in total. The van der Waals surface area contributed by atoms with Gasteiger partial charge in [0.25, 0.3) is 0 Å². The minimum Gasteiger partial charge on any atom is -0.486 e. The van der Waals surface area contributed by atoms with E-state index in [0.717, 1.165) is 10.0 Å². The largest absolute Gasteiger partial charge is 0.486 e. The predicted molar refractivity (Wildman–Crippen MR) is 69.3 cm³/mol. The zero-order valence-corrected chi connectivity index (χ0v) is 10.6. The lowest BCUT2D eigenvalue weighted by molar-refractivity contribution is 0.290. The molecule has 0 fully saturated rings. The van der Waals surface area contributed by atoms with Gasteiger partial charge in [0.1, 0.15) is 6.61 Å². The summed E-state index contributed by atoms with van der Waals surface area (Å²) in [5, 5.41) is 0. The van der Waals surface area contributed by atoms with Crippen LogP contribution in [0.25, 0.3) is 0 Å². The number of nitrogens with two attached hydrogens (primary N) is 1. The molecule has 4 heteroatoms. The molecule has 0 spiro atoms. The molecular formula is C13H11BrFNO. The maximum atomic E-state index is 13.4. The average molecular weight is 296 g/mol. The molecule has 0 unspecified atom stereocenters. The van der Waals surface area contributed by atoms with Crippen molar-refractivity contribution in [1.82, 2.24) is 0 Å². The summed E-state index contributed by atoms with van der Waals surface area (Å²) in [6.45, 7) is 0.313. The van der Waals surface area contributed by atoms with Crippen molar-refractivity contribution < 1.29 is 9.13 Å². The molecule has 0 bridgehead atoms. The van der Waals surface area contributed by atoms with E-state index in [9.17, 15) is 4.39 Å². The van der Waals surface area contributed by atoms with Gasteiger partial charge in [-0.2, -0.15) is 0 Å². The summed E-state index contributed by atoms with van der Waals surface area (Å²) in [4.78, 5) is 0. The second-order valence-electron chi connectivity index (χ2n) is 3.61. The summed E-state index contributed by atoms with van der Waals surface area (Å²) in [5.74, 6) is -0.139. The van der Waals surface area contributed by atoms with Gasteiger partial charge >= 0.3 is 0 Å². The van der Waals surface area contributed by atoms with E-state index in [1.807, 2.05) is 12.1 Å². The molecular weight excluding hydrogens is 285 g/mol. The fraction of sp³-hybridized carbons (Fsp3) is 0.0769. The number of benzene rings is 2. The Morgan fingerprint density at radius 2 is 1.82 bits per heavy atom. The second-order valence-corrected chi connectivity index (χ2v) is 4.52. The third-order valence-corrected chi connectivity index (χ3v) is 2.76. The van der Waals surface area contributed by atoms with Crippen molar-refractivity contribution in [1.29, 1.82) is 0 Å². The fourth-order valence-corrected chi connectivity index (χ4v) is 1.70. The Labute approximate surface area is 107 Å². The molecule has 88 valence electrons. The predicted octanol–water partition coefficient (Wildman–Crippen LogP) is 3.75. The van der Waals surface area contributed by atoms with Gasteiger partial charge < -0.3 is 10.5 Å². The lowest BCUT2D eigenvalue weighted by atomic mass is 10.2. The molecule has 0 radical (unpaired) electrons. The van der Waals surface area contributed by atoms with Crippen molar-refractivity contribution in [3.8, 4) is 5.75 Å². The summed E-state index contributed by atoms with van der Waals surface area (Å²) >= 11 is 3.27. The van der Waals surface area contributed by atoms with E-state index in [1.54, 1.807) is 24.3 Å². The van der Waals surface area contributed by atoms with Crippen LogP contribution in [0.2, 0.25) is 0 Å². The molecule has 0 heterocycles. The van der Waals surface area contributed by atoms with Crippen LogP contribution in [-0.4, -0.2) is 0 Å². The van der Waals surface area contributed by atoms with Crippen LogP contribution in [0.1, 0.15) is 5.56 Å². The van der Waals surface area contributed by atoms with Crippen molar-refractivity contribution in [2.45, 2.75) is 6.61 Å². The molecule has 0 saturated heterocycles. The molecule has 0 saturated carbocycles. The van der Waals surface area contributed by atoms with E-state index >= 15 is 0 Å². The van der Waals surface area contributed by atoms with Gasteiger partial charge in [-0.1, -0.05) is 28.1 Å². The quantitative estimate of drug-likeness (QED) is 0.875. The first-order chi connectivity index (χ1) is 8.15. The molecule has 2 aromatic rings. The number of nitrogen functional groups attached to an aromatic ring is 1. The zero-order chi connectivity index (χ0) is 12.3. The van der Waals surface area contributed by atoms with Crippen LogP contribution in [0.15, 0.2) is 46.9 Å². The normalized spacial score (nSPS) is 10.2. The smallest absolute Gasteiger partial charge is 0.165 e. The number of halogens is 2. The lowest BCUT2D eigenvalue weighted by Crippen LogP contribution is -1.97. The van der Waals surface area contributed by atoms with E-state index in [1.165, 1.54) is 6.07 Å². The fourth-order valence-electron chi connectivity index (χ4n) is 1.36. The highest BCUT2D eigenvalue weighted by Crippen LogP contribution is 2.23. The molecule has 0 atom stereocenters. The molecule has 2 aromatic carbocycles. The Morgan fingerprint density at radius 3 is 2.53 bits per heavy atom. The van der Waals surface area contributed by atoms with Gasteiger partial charge in [0.15, 0.2) is 11.6 Å². The molecule has 2 nitrogen and oxygen atoms in total. The van der Waals surface area contributed by atoms with E-state index in [0.29, 0.717) is 12.3 Å². The van der Waals surface area contributed by atoms with Gasteiger partial charge in [-0.3, -0.25) is 0 Å². The summed E-state index contributed by atoms with van der Waals surface area (Å²) in [6.07, 6.45) is 0. The van der Waals surface area contributed by atoms with Crippen LogP contribution in [0.3, 0.4) is 0 Å². The van der Waals surface area contributed by atoms with Crippen LogP contribution in [0.4, 0.5) is 10.1 Å². The first kappa shape index (κ1) is 11.9. The van der Waals surface area contributed by atoms with Crippen molar-refractivity contribution in [2.24, 2.45) is 0 Å². The highest BCUT2D eigenvalue weighted by molar-refractivity contribution is 9.10. The molecule has 0 amide bonds. The minimum absolute atomic E-state index is 0.233. The third kappa shape index (κ3) is 3.20. The van der Waals surface area contributed by atoms with E-state index in [2.05, 4.69) is 15.9 Å². The maximum absolute atomic E-state index is 13.4. The Morgan fingerprint density at radius 1 is 1.12 bits per heavy atom. The van der Waals surface area contributed by atoms with Gasteiger partial charge in [0.2, 0.25) is 0 Å². The van der Waals surface area contributed by atoms with Crippen molar-refractivity contribution in [2.75, 3.05) is 5.73 Å². The maximum Gasteiger partial charge on any atom is 0.165 e. The van der Waals surface area contributed by atoms with Gasteiger partial charge in [-0.25, -0.2) is 4.39 Å². The van der Waals surface area contributed by atoms with Gasteiger partial charge in [-0.15, -0.1) is 0 Å². The number of rotatable bonds is 3. The Balaban J connectivity index is 2.07. The number of anilines is 1. The number of ether oxygens (including phenoxy) is 1. The van der Waals surface area contributed by atoms with Crippen LogP contribution in [-0.2, 0) is 6.61 Å². The Hall–Kier alpha value is -1.55. The lowest BCUT2D eigenvalue weighted by Gasteiger charge is -2.07. The third-order valence-electron chi connectivity index (χ3n) is 2.27.